The minimum Gasteiger partial charge on any atom is -0.349 e. The molecule has 3 rings (SSSR count). The summed E-state index contributed by atoms with van der Waals surface area (Å²) in [6.45, 7) is 3.71. The molecule has 0 aliphatic carbocycles. The summed E-state index contributed by atoms with van der Waals surface area (Å²) in [5.41, 5.74) is 1.52. The molecule has 2 aromatic carbocycles. The molecule has 0 saturated carbocycles. The topological polar surface area (TPSA) is 95.6 Å². The molecule has 1 saturated heterocycles. The number of amides is 2. The van der Waals surface area contributed by atoms with E-state index in [4.69, 9.17) is 23.2 Å². The molecular weight excluding hydrogens is 473 g/mol. The number of halogens is 2. The molecule has 0 radical (unpaired) electrons. The summed E-state index contributed by atoms with van der Waals surface area (Å²) < 4.78 is 27.3. The Balaban J connectivity index is 1.62. The molecule has 0 aromatic heterocycles. The van der Waals surface area contributed by atoms with Crippen LogP contribution in [-0.4, -0.2) is 37.6 Å². The lowest BCUT2D eigenvalue weighted by atomic mass is 9.96. The van der Waals surface area contributed by atoms with Crippen LogP contribution in [0.25, 0.3) is 0 Å². The fourth-order valence-electron chi connectivity index (χ4n) is 3.72. The molecule has 1 unspecified atom stereocenters. The lowest BCUT2D eigenvalue weighted by Crippen LogP contribution is -2.43. The zero-order chi connectivity index (χ0) is 23.5. The number of carbonyl (C=O) groups is 2. The van der Waals surface area contributed by atoms with Crippen molar-refractivity contribution in [3.05, 3.63) is 58.1 Å². The van der Waals surface area contributed by atoms with Crippen molar-refractivity contribution in [1.29, 1.82) is 0 Å². The van der Waals surface area contributed by atoms with Crippen LogP contribution in [0.1, 0.15) is 38.3 Å². The zero-order valence-corrected chi connectivity index (χ0v) is 20.1. The van der Waals surface area contributed by atoms with Gasteiger partial charge in [0, 0.05) is 31.6 Å². The standard InChI is InChI=1S/C22H25Cl2N3O4S/c1-14(17-5-3-6-18(13-17)26-15(2)28)25-22(29)16-9-11-27(12-10-16)32(30,31)21-19(23)7-4-8-20(21)24/h3-8,13-14,16H,9-12H2,1-2H3,(H,25,29)(H,26,28). The average molecular weight is 498 g/mol. The molecule has 7 nitrogen and oxygen atoms in total. The van der Waals surface area contributed by atoms with Gasteiger partial charge in [-0.25, -0.2) is 8.42 Å². The average Bonchev–Trinajstić information content (AvgIpc) is 2.73. The Morgan fingerprint density at radius 2 is 1.66 bits per heavy atom. The smallest absolute Gasteiger partial charge is 0.246 e. The van der Waals surface area contributed by atoms with E-state index >= 15 is 0 Å². The van der Waals surface area contributed by atoms with Gasteiger partial charge in [-0.3, -0.25) is 9.59 Å². The van der Waals surface area contributed by atoms with Crippen LogP contribution in [0.4, 0.5) is 5.69 Å². The molecule has 1 aliphatic heterocycles. The summed E-state index contributed by atoms with van der Waals surface area (Å²) >= 11 is 12.2. The van der Waals surface area contributed by atoms with Gasteiger partial charge < -0.3 is 10.6 Å². The van der Waals surface area contributed by atoms with Crippen molar-refractivity contribution in [3.63, 3.8) is 0 Å². The second-order valence-corrected chi connectivity index (χ2v) is 10.5. The second-order valence-electron chi connectivity index (χ2n) is 7.77. The van der Waals surface area contributed by atoms with Crippen LogP contribution in [0.15, 0.2) is 47.4 Å². The predicted octanol–water partition coefficient (Wildman–Crippen LogP) is 4.23. The molecule has 1 heterocycles. The van der Waals surface area contributed by atoms with Crippen molar-refractivity contribution in [3.8, 4) is 0 Å². The number of nitrogens with zero attached hydrogens (tertiary/aromatic N) is 1. The molecule has 32 heavy (non-hydrogen) atoms. The molecule has 1 atom stereocenters. The molecule has 172 valence electrons. The van der Waals surface area contributed by atoms with E-state index in [9.17, 15) is 18.0 Å². The molecular formula is C22H25Cl2N3O4S. The number of hydrogen-bond acceptors (Lipinski definition) is 4. The number of benzene rings is 2. The number of rotatable bonds is 6. The van der Waals surface area contributed by atoms with E-state index < -0.39 is 10.0 Å². The molecule has 1 fully saturated rings. The highest BCUT2D eigenvalue weighted by atomic mass is 35.5. The van der Waals surface area contributed by atoms with Crippen molar-refractivity contribution in [2.45, 2.75) is 37.6 Å². The second kappa shape index (κ2) is 10.2. The highest BCUT2D eigenvalue weighted by Gasteiger charge is 2.34. The lowest BCUT2D eigenvalue weighted by Gasteiger charge is -2.31. The summed E-state index contributed by atoms with van der Waals surface area (Å²) in [6, 6.07) is 11.6. The summed E-state index contributed by atoms with van der Waals surface area (Å²) in [6.07, 6.45) is 0.789. The van der Waals surface area contributed by atoms with Crippen molar-refractivity contribution >= 4 is 50.7 Å². The van der Waals surface area contributed by atoms with Crippen molar-refractivity contribution in [2.75, 3.05) is 18.4 Å². The normalized spacial score (nSPS) is 16.4. The van der Waals surface area contributed by atoms with Crippen molar-refractivity contribution < 1.29 is 18.0 Å². The van der Waals surface area contributed by atoms with Crippen LogP contribution >= 0.6 is 23.2 Å². The largest absolute Gasteiger partial charge is 0.349 e. The number of sulfonamides is 1. The van der Waals surface area contributed by atoms with Gasteiger partial charge in [0.2, 0.25) is 21.8 Å². The number of piperidine rings is 1. The first-order valence-electron chi connectivity index (χ1n) is 10.2. The van der Waals surface area contributed by atoms with E-state index in [0.29, 0.717) is 18.5 Å². The van der Waals surface area contributed by atoms with E-state index in [1.165, 1.54) is 23.4 Å². The van der Waals surface area contributed by atoms with Crippen LogP contribution in [0.5, 0.6) is 0 Å². The fourth-order valence-corrected chi connectivity index (χ4v) is 6.28. The number of nitrogens with one attached hydrogen (secondary N) is 2. The number of hydrogen-bond donors (Lipinski definition) is 2. The monoisotopic (exact) mass is 497 g/mol. The lowest BCUT2D eigenvalue weighted by molar-refractivity contribution is -0.126. The third-order valence-electron chi connectivity index (χ3n) is 5.41. The Morgan fingerprint density at radius 1 is 1.06 bits per heavy atom. The van der Waals surface area contributed by atoms with Gasteiger partial charge in [-0.1, -0.05) is 41.4 Å². The van der Waals surface area contributed by atoms with Gasteiger partial charge >= 0.3 is 0 Å². The maximum absolute atomic E-state index is 13.0. The number of carbonyl (C=O) groups excluding carboxylic acids is 2. The molecule has 0 spiro atoms. The van der Waals surface area contributed by atoms with Crippen LogP contribution in [0, 0.1) is 5.92 Å². The van der Waals surface area contributed by atoms with Gasteiger partial charge in [0.15, 0.2) is 0 Å². The van der Waals surface area contributed by atoms with Crippen molar-refractivity contribution in [2.24, 2.45) is 5.92 Å². The molecule has 2 N–H and O–H groups in total. The maximum atomic E-state index is 13.0. The third kappa shape index (κ3) is 5.61. The van der Waals surface area contributed by atoms with E-state index in [-0.39, 0.29) is 51.8 Å². The van der Waals surface area contributed by atoms with E-state index in [2.05, 4.69) is 10.6 Å². The summed E-state index contributed by atoms with van der Waals surface area (Å²) in [4.78, 5) is 24.0. The first-order valence-corrected chi connectivity index (χ1v) is 12.4. The Morgan fingerprint density at radius 3 is 2.25 bits per heavy atom. The SMILES string of the molecule is CC(=O)Nc1cccc(C(C)NC(=O)C2CCN(S(=O)(=O)c3c(Cl)cccc3Cl)CC2)c1. The highest BCUT2D eigenvalue weighted by molar-refractivity contribution is 7.89. The van der Waals surface area contributed by atoms with E-state index in [0.717, 1.165) is 5.56 Å². The van der Waals surface area contributed by atoms with Gasteiger partial charge in [0.1, 0.15) is 4.90 Å². The molecule has 0 bridgehead atoms. The van der Waals surface area contributed by atoms with Gasteiger partial charge in [0.25, 0.3) is 0 Å². The van der Waals surface area contributed by atoms with Gasteiger partial charge in [-0.05, 0) is 49.6 Å². The van der Waals surface area contributed by atoms with E-state index in [1.54, 1.807) is 12.1 Å². The zero-order valence-electron chi connectivity index (χ0n) is 17.8. The molecule has 2 amide bonds. The Kier molecular flexibility index (Phi) is 7.82. The first kappa shape index (κ1) is 24.5. The van der Waals surface area contributed by atoms with Gasteiger partial charge in [0.05, 0.1) is 16.1 Å². The predicted molar refractivity (Wildman–Crippen MR) is 125 cm³/mol. The Labute approximate surface area is 198 Å². The first-order chi connectivity index (χ1) is 15.1. The molecule has 10 heteroatoms. The van der Waals surface area contributed by atoms with Crippen LogP contribution in [0.2, 0.25) is 10.0 Å². The number of anilines is 1. The highest BCUT2D eigenvalue weighted by Crippen LogP contribution is 2.33. The summed E-state index contributed by atoms with van der Waals surface area (Å²) in [5.74, 6) is -0.599. The Bertz CT molecular complexity index is 1100. The summed E-state index contributed by atoms with van der Waals surface area (Å²) in [7, 11) is -3.85. The fraction of sp³-hybridized carbons (Fsp3) is 0.364. The Hall–Kier alpha value is -2.13. The minimum absolute atomic E-state index is 0.0766. The maximum Gasteiger partial charge on any atom is 0.246 e. The van der Waals surface area contributed by atoms with Crippen LogP contribution in [-0.2, 0) is 19.6 Å². The van der Waals surface area contributed by atoms with Gasteiger partial charge in [-0.2, -0.15) is 4.31 Å². The van der Waals surface area contributed by atoms with Gasteiger partial charge in [-0.15, -0.1) is 0 Å². The van der Waals surface area contributed by atoms with Crippen molar-refractivity contribution in [1.82, 2.24) is 9.62 Å². The molecule has 1 aliphatic rings. The third-order valence-corrected chi connectivity index (χ3v) is 8.26. The van der Waals surface area contributed by atoms with Crippen LogP contribution < -0.4 is 10.6 Å². The summed E-state index contributed by atoms with van der Waals surface area (Å²) in [5, 5.41) is 5.87. The molecule has 2 aromatic rings. The van der Waals surface area contributed by atoms with E-state index in [1.807, 2.05) is 25.1 Å². The minimum atomic E-state index is -3.85. The quantitative estimate of drug-likeness (QED) is 0.623. The van der Waals surface area contributed by atoms with Crippen LogP contribution in [0.3, 0.4) is 0 Å².